The number of aliphatic hydroxyl groups excluding tert-OH is 1. The Labute approximate surface area is 204 Å². The topological polar surface area (TPSA) is 98.8 Å². The molecule has 0 radical (unpaired) electrons. The zero-order valence-electron chi connectivity index (χ0n) is 19.5. The van der Waals surface area contributed by atoms with Crippen molar-refractivity contribution >= 4 is 0 Å². The van der Waals surface area contributed by atoms with E-state index in [9.17, 15) is 15.5 Å². The van der Waals surface area contributed by atoms with E-state index in [0.29, 0.717) is 34.7 Å². The number of methoxy groups -OCH3 is 1. The fourth-order valence-electron chi connectivity index (χ4n) is 6.39. The van der Waals surface area contributed by atoms with Crippen LogP contribution >= 0.6 is 0 Å². The van der Waals surface area contributed by atoms with Gasteiger partial charge in [0.25, 0.3) is 0 Å². The van der Waals surface area contributed by atoms with Gasteiger partial charge in [-0.25, -0.2) is 0 Å². The Balaban J connectivity index is 1.64. The van der Waals surface area contributed by atoms with Crippen molar-refractivity contribution in [1.82, 2.24) is 9.88 Å². The second-order valence-electron chi connectivity index (χ2n) is 9.66. The van der Waals surface area contributed by atoms with Gasteiger partial charge in [0, 0.05) is 18.4 Å². The van der Waals surface area contributed by atoms with Crippen molar-refractivity contribution in [3.05, 3.63) is 89.2 Å². The molecule has 1 aromatic heterocycles. The summed E-state index contributed by atoms with van der Waals surface area (Å²) in [5.41, 5.74) is -0.570. The zero-order chi connectivity index (χ0) is 24.2. The molecule has 2 aromatic carbocycles. The first kappa shape index (κ1) is 22.1. The summed E-state index contributed by atoms with van der Waals surface area (Å²) >= 11 is 0. The highest BCUT2D eigenvalue weighted by Crippen LogP contribution is 2.69. The number of ether oxygens (including phenoxy) is 2. The van der Waals surface area contributed by atoms with E-state index in [0.717, 1.165) is 25.1 Å². The zero-order valence-corrected chi connectivity index (χ0v) is 19.5. The van der Waals surface area contributed by atoms with Crippen LogP contribution in [0.5, 0.6) is 11.5 Å². The second kappa shape index (κ2) is 8.06. The molecular weight excluding hydrogens is 442 g/mol. The Morgan fingerprint density at radius 3 is 2.51 bits per heavy atom. The predicted molar refractivity (Wildman–Crippen MR) is 128 cm³/mol. The monoisotopic (exact) mass is 469 g/mol. The largest absolute Gasteiger partial charge is 0.495 e. The van der Waals surface area contributed by atoms with Crippen molar-refractivity contribution in [2.45, 2.75) is 29.6 Å². The van der Waals surface area contributed by atoms with Gasteiger partial charge in [0.1, 0.15) is 11.5 Å². The fourth-order valence-corrected chi connectivity index (χ4v) is 6.39. The van der Waals surface area contributed by atoms with E-state index in [4.69, 9.17) is 9.47 Å². The van der Waals surface area contributed by atoms with E-state index in [2.05, 4.69) is 16.0 Å². The first-order chi connectivity index (χ1) is 17.0. The average molecular weight is 470 g/mol. The summed E-state index contributed by atoms with van der Waals surface area (Å²) in [5.74, 6) is 0.0632. The van der Waals surface area contributed by atoms with Crippen LogP contribution in [0.1, 0.15) is 34.6 Å². The maximum atomic E-state index is 12.7. The lowest BCUT2D eigenvalue weighted by molar-refractivity contribution is -0.152. The Hall–Kier alpha value is -3.44. The minimum Gasteiger partial charge on any atom is -0.495 e. The van der Waals surface area contributed by atoms with Crippen LogP contribution in [0.2, 0.25) is 0 Å². The van der Waals surface area contributed by atoms with Crippen molar-refractivity contribution in [3.63, 3.8) is 0 Å². The predicted octanol–water partition coefficient (Wildman–Crippen LogP) is 2.92. The number of nitriles is 1. The molecule has 0 spiro atoms. The molecule has 178 valence electrons. The molecular formula is C28H27N3O4. The summed E-state index contributed by atoms with van der Waals surface area (Å²) in [5, 5.41) is 34.1. The van der Waals surface area contributed by atoms with E-state index in [1.807, 2.05) is 42.5 Å². The normalized spacial score (nSPS) is 31.1. The molecule has 2 N–H and O–H groups in total. The van der Waals surface area contributed by atoms with Crippen molar-refractivity contribution in [2.75, 3.05) is 26.7 Å². The second-order valence-corrected chi connectivity index (χ2v) is 9.66. The van der Waals surface area contributed by atoms with Gasteiger partial charge in [-0.3, -0.25) is 4.98 Å². The Bertz CT molecular complexity index is 1290. The third-order valence-electron chi connectivity index (χ3n) is 8.03. The Morgan fingerprint density at radius 1 is 1.14 bits per heavy atom. The number of pyridine rings is 1. The minimum absolute atomic E-state index is 0.315. The first-order valence-electron chi connectivity index (χ1n) is 11.9. The molecule has 7 heteroatoms. The van der Waals surface area contributed by atoms with E-state index >= 15 is 0 Å². The lowest BCUT2D eigenvalue weighted by atomic mass is 9.70. The third-order valence-corrected chi connectivity index (χ3v) is 8.03. The van der Waals surface area contributed by atoms with Gasteiger partial charge in [0.2, 0.25) is 0 Å². The fraction of sp³-hybridized carbons (Fsp3) is 0.357. The molecule has 3 aliphatic rings. The number of rotatable bonds is 5. The number of benzene rings is 2. The lowest BCUT2D eigenvalue weighted by Gasteiger charge is -2.41. The van der Waals surface area contributed by atoms with Gasteiger partial charge < -0.3 is 24.6 Å². The van der Waals surface area contributed by atoms with E-state index in [-0.39, 0.29) is 11.8 Å². The van der Waals surface area contributed by atoms with Crippen molar-refractivity contribution in [1.29, 1.82) is 5.26 Å². The first-order valence-corrected chi connectivity index (χ1v) is 11.9. The number of likely N-dealkylation sites (tertiary alicyclic amines) is 1. The molecule has 1 saturated carbocycles. The van der Waals surface area contributed by atoms with Crippen LogP contribution < -0.4 is 9.47 Å². The summed E-state index contributed by atoms with van der Waals surface area (Å²) in [6, 6.07) is 19.2. The number of hydrogen-bond donors (Lipinski definition) is 2. The molecule has 0 amide bonds. The average Bonchev–Trinajstić information content (AvgIpc) is 3.25. The van der Waals surface area contributed by atoms with Crippen LogP contribution in [0.4, 0.5) is 0 Å². The van der Waals surface area contributed by atoms with Gasteiger partial charge in [-0.15, -0.1) is 0 Å². The molecule has 6 rings (SSSR count). The Morgan fingerprint density at radius 2 is 1.89 bits per heavy atom. The van der Waals surface area contributed by atoms with Gasteiger partial charge in [0.05, 0.1) is 42.8 Å². The quantitative estimate of drug-likeness (QED) is 0.593. The van der Waals surface area contributed by atoms with Crippen molar-refractivity contribution in [2.24, 2.45) is 5.92 Å². The highest BCUT2D eigenvalue weighted by atomic mass is 16.5. The highest BCUT2D eigenvalue weighted by Gasteiger charge is 2.76. The molecule has 3 aromatic rings. The minimum atomic E-state index is -1.80. The van der Waals surface area contributed by atoms with Gasteiger partial charge in [0.15, 0.2) is 11.2 Å². The number of fused-ring (bicyclic) bond motifs is 3. The van der Waals surface area contributed by atoms with E-state index in [1.165, 1.54) is 7.11 Å². The summed E-state index contributed by atoms with van der Waals surface area (Å²) < 4.78 is 12.4. The van der Waals surface area contributed by atoms with Gasteiger partial charge in [-0.2, -0.15) is 5.26 Å². The van der Waals surface area contributed by atoms with Gasteiger partial charge in [-0.05, 0) is 42.8 Å². The molecule has 0 unspecified atom stereocenters. The van der Waals surface area contributed by atoms with Crippen LogP contribution in [-0.2, 0) is 11.2 Å². The summed E-state index contributed by atoms with van der Waals surface area (Å²) in [4.78, 5) is 6.57. The molecule has 1 aliphatic carbocycles. The standard InChI is InChI=1S/C28H27N3O4/c1-34-22-15-30-16-23-25(22)27(33)26(32)21(17-31-12-5-13-31)24(19-6-3-2-4-7-19)28(27,35-23)20-10-8-18(14-29)9-11-20/h2-4,6-11,15-16,21,24,26,32-33H,5,12-13,17H2,1H3/t21-,24-,26-,27+,28+/m1/s1. The summed E-state index contributed by atoms with van der Waals surface area (Å²) in [6.45, 7) is 2.57. The van der Waals surface area contributed by atoms with Crippen LogP contribution in [0.3, 0.4) is 0 Å². The molecule has 0 bridgehead atoms. The van der Waals surface area contributed by atoms with Crippen LogP contribution in [-0.4, -0.2) is 52.9 Å². The SMILES string of the molecule is COc1cncc2c1[C@]1(O)[C@H](O)[C@H](CN3CCC3)[C@@H](c3ccccc3)[C@]1(c1ccc(C#N)cc1)O2. The molecule has 7 nitrogen and oxygen atoms in total. The van der Waals surface area contributed by atoms with Gasteiger partial charge in [-0.1, -0.05) is 42.5 Å². The van der Waals surface area contributed by atoms with Crippen LogP contribution in [0.25, 0.3) is 0 Å². The van der Waals surface area contributed by atoms with Gasteiger partial charge >= 0.3 is 0 Å². The lowest BCUT2D eigenvalue weighted by Crippen LogP contribution is -2.52. The summed E-state index contributed by atoms with van der Waals surface area (Å²) in [6.07, 6.45) is 3.10. The maximum absolute atomic E-state index is 12.7. The van der Waals surface area contributed by atoms with Crippen LogP contribution in [0.15, 0.2) is 67.0 Å². The molecule has 1 saturated heterocycles. The number of nitrogens with zero attached hydrogens (tertiary/aromatic N) is 3. The maximum Gasteiger partial charge on any atom is 0.177 e. The van der Waals surface area contributed by atoms with E-state index < -0.39 is 17.3 Å². The molecule has 5 atom stereocenters. The third kappa shape index (κ3) is 2.91. The smallest absolute Gasteiger partial charge is 0.177 e. The molecule has 3 heterocycles. The summed E-state index contributed by atoms with van der Waals surface area (Å²) in [7, 11) is 1.52. The Kier molecular flexibility index (Phi) is 5.08. The van der Waals surface area contributed by atoms with Crippen LogP contribution in [0, 0.1) is 17.2 Å². The molecule has 35 heavy (non-hydrogen) atoms. The number of aliphatic hydroxyl groups is 2. The molecule has 2 aliphatic heterocycles. The van der Waals surface area contributed by atoms with Crippen molar-refractivity contribution in [3.8, 4) is 17.6 Å². The number of aromatic nitrogens is 1. The highest BCUT2D eigenvalue weighted by molar-refractivity contribution is 5.59. The van der Waals surface area contributed by atoms with E-state index in [1.54, 1.807) is 24.5 Å². The number of hydrogen-bond acceptors (Lipinski definition) is 7. The van der Waals surface area contributed by atoms with Crippen molar-refractivity contribution < 1.29 is 19.7 Å². The molecule has 2 fully saturated rings.